The number of amides is 1. The van der Waals surface area contributed by atoms with Gasteiger partial charge in [-0.25, -0.2) is 4.39 Å². The number of terminal acetylenes is 1. The number of hydrogen-bond donors (Lipinski definition) is 0. The Labute approximate surface area is 99.4 Å². The molecule has 0 atom stereocenters. The average Bonchev–Trinajstić information content (AvgIpc) is 2.44. The van der Waals surface area contributed by atoms with Crippen LogP contribution in [-0.2, 0) is 4.79 Å². The molecule has 2 rings (SSSR count). The van der Waals surface area contributed by atoms with E-state index in [0.717, 1.165) is 11.0 Å². The molecule has 0 fully saturated rings. The zero-order valence-electron chi connectivity index (χ0n) is 7.96. The summed E-state index contributed by atoms with van der Waals surface area (Å²) in [5, 5.41) is 0. The molecule has 0 radical (unpaired) electrons. The summed E-state index contributed by atoms with van der Waals surface area (Å²) in [6, 6.07) is 2.23. The first-order valence-corrected chi connectivity index (χ1v) is 5.14. The summed E-state index contributed by atoms with van der Waals surface area (Å²) in [6.45, 7) is -0.0121. The number of hydrogen-bond acceptors (Lipinski definition) is 2. The van der Waals surface area contributed by atoms with Crippen molar-refractivity contribution in [3.05, 3.63) is 28.0 Å². The second-order valence-electron chi connectivity index (χ2n) is 3.21. The van der Waals surface area contributed by atoms with Crippen molar-refractivity contribution in [2.45, 2.75) is 0 Å². The molecule has 0 aromatic heterocycles. The molecule has 1 aliphatic heterocycles. The minimum absolute atomic E-state index is 0.0121. The van der Waals surface area contributed by atoms with Gasteiger partial charge in [-0.2, -0.15) is 0 Å². The zero-order chi connectivity index (χ0) is 11.9. The summed E-state index contributed by atoms with van der Waals surface area (Å²) in [7, 11) is 0. The predicted molar refractivity (Wildman–Crippen MR) is 59.6 cm³/mol. The van der Waals surface area contributed by atoms with E-state index in [2.05, 4.69) is 21.9 Å². The highest BCUT2D eigenvalue weighted by atomic mass is 79.9. The van der Waals surface area contributed by atoms with Crippen LogP contribution in [0.1, 0.15) is 10.4 Å². The lowest BCUT2D eigenvalue weighted by molar-refractivity contribution is -0.114. The van der Waals surface area contributed by atoms with E-state index in [0.29, 0.717) is 10.2 Å². The molecule has 0 saturated carbocycles. The van der Waals surface area contributed by atoms with E-state index in [1.54, 1.807) is 0 Å². The summed E-state index contributed by atoms with van der Waals surface area (Å²) in [4.78, 5) is 24.2. The van der Waals surface area contributed by atoms with Crippen molar-refractivity contribution in [2.24, 2.45) is 0 Å². The van der Waals surface area contributed by atoms with Crippen LogP contribution in [0.25, 0.3) is 0 Å². The standard InChI is InChI=1S/C11H5BrFNO2/c1-2-3-14-9-7(10(15)11(14)16)4-6(13)5-8(9)12/h1,4-5H,3H2. The number of Topliss-reactive ketones (excluding diaryl/α,β-unsaturated/α-hetero) is 1. The number of anilines is 1. The molecule has 16 heavy (non-hydrogen) atoms. The van der Waals surface area contributed by atoms with Gasteiger partial charge in [-0.05, 0) is 28.1 Å². The van der Waals surface area contributed by atoms with Crippen molar-refractivity contribution < 1.29 is 14.0 Å². The molecule has 1 heterocycles. The smallest absolute Gasteiger partial charge is 0.292 e. The van der Waals surface area contributed by atoms with Gasteiger partial charge in [0.05, 0.1) is 17.8 Å². The first-order valence-electron chi connectivity index (χ1n) is 4.35. The maximum atomic E-state index is 13.1. The minimum Gasteiger partial charge on any atom is -0.292 e. The lowest BCUT2D eigenvalue weighted by Crippen LogP contribution is -2.30. The van der Waals surface area contributed by atoms with E-state index in [9.17, 15) is 14.0 Å². The Balaban J connectivity index is 2.66. The summed E-state index contributed by atoms with van der Waals surface area (Å²) in [5.41, 5.74) is 0.390. The average molecular weight is 282 g/mol. The van der Waals surface area contributed by atoms with Gasteiger partial charge in [0.25, 0.3) is 11.7 Å². The number of nitrogens with zero attached hydrogens (tertiary/aromatic N) is 1. The lowest BCUT2D eigenvalue weighted by atomic mass is 10.1. The second-order valence-corrected chi connectivity index (χ2v) is 4.06. The number of benzene rings is 1. The molecule has 1 aliphatic rings. The molecule has 0 bridgehead atoms. The fourth-order valence-electron chi connectivity index (χ4n) is 1.59. The van der Waals surface area contributed by atoms with Crippen molar-refractivity contribution in [1.29, 1.82) is 0 Å². The van der Waals surface area contributed by atoms with Crippen LogP contribution in [0.5, 0.6) is 0 Å². The first kappa shape index (κ1) is 10.8. The Hall–Kier alpha value is -1.67. The van der Waals surface area contributed by atoms with Crippen molar-refractivity contribution in [1.82, 2.24) is 0 Å². The Bertz CT molecular complexity index is 548. The molecule has 80 valence electrons. The molecular weight excluding hydrogens is 277 g/mol. The van der Waals surface area contributed by atoms with E-state index in [4.69, 9.17) is 6.42 Å². The highest BCUT2D eigenvalue weighted by Gasteiger charge is 2.37. The molecule has 5 heteroatoms. The third-order valence-corrected chi connectivity index (χ3v) is 2.84. The van der Waals surface area contributed by atoms with Crippen molar-refractivity contribution in [3.8, 4) is 12.3 Å². The van der Waals surface area contributed by atoms with E-state index in [1.807, 2.05) is 0 Å². The summed E-state index contributed by atoms with van der Waals surface area (Å²) in [6.07, 6.45) is 5.11. The van der Waals surface area contributed by atoms with Crippen LogP contribution in [-0.4, -0.2) is 18.2 Å². The van der Waals surface area contributed by atoms with Crippen LogP contribution < -0.4 is 4.90 Å². The highest BCUT2D eigenvalue weighted by Crippen LogP contribution is 2.36. The number of ketones is 1. The molecule has 0 aliphatic carbocycles. The number of carbonyl (C=O) groups is 2. The monoisotopic (exact) mass is 281 g/mol. The first-order chi connectivity index (χ1) is 7.56. The lowest BCUT2D eigenvalue weighted by Gasteiger charge is -2.14. The molecule has 1 amide bonds. The Kier molecular flexibility index (Phi) is 2.52. The third kappa shape index (κ3) is 1.42. The normalized spacial score (nSPS) is 13.9. The maximum absolute atomic E-state index is 13.1. The Morgan fingerprint density at radius 3 is 2.75 bits per heavy atom. The van der Waals surface area contributed by atoms with Crippen LogP contribution >= 0.6 is 15.9 Å². The second kappa shape index (κ2) is 3.72. The van der Waals surface area contributed by atoms with Gasteiger partial charge in [0, 0.05) is 4.47 Å². The molecule has 1 aromatic rings. The number of rotatable bonds is 1. The molecular formula is C11H5BrFNO2. The van der Waals surface area contributed by atoms with E-state index in [-0.39, 0.29) is 12.1 Å². The SMILES string of the molecule is C#CCN1C(=O)C(=O)c2cc(F)cc(Br)c21. The van der Waals surface area contributed by atoms with Gasteiger partial charge in [0.2, 0.25) is 0 Å². The van der Waals surface area contributed by atoms with Crippen molar-refractivity contribution in [3.63, 3.8) is 0 Å². The topological polar surface area (TPSA) is 37.4 Å². The predicted octanol–water partition coefficient (Wildman–Crippen LogP) is 1.75. The molecule has 0 saturated heterocycles. The van der Waals surface area contributed by atoms with Gasteiger partial charge in [-0.3, -0.25) is 14.5 Å². The Morgan fingerprint density at radius 2 is 2.12 bits per heavy atom. The van der Waals surface area contributed by atoms with E-state index < -0.39 is 17.5 Å². The minimum atomic E-state index is -0.731. The maximum Gasteiger partial charge on any atom is 0.300 e. The van der Waals surface area contributed by atoms with Crippen LogP contribution in [0.2, 0.25) is 0 Å². The largest absolute Gasteiger partial charge is 0.300 e. The number of halogens is 2. The van der Waals surface area contributed by atoms with Gasteiger partial charge < -0.3 is 0 Å². The van der Waals surface area contributed by atoms with Crippen molar-refractivity contribution in [2.75, 3.05) is 11.4 Å². The van der Waals surface area contributed by atoms with Gasteiger partial charge in [0.15, 0.2) is 0 Å². The zero-order valence-corrected chi connectivity index (χ0v) is 9.54. The van der Waals surface area contributed by atoms with Crippen LogP contribution in [0, 0.1) is 18.2 Å². The highest BCUT2D eigenvalue weighted by molar-refractivity contribution is 9.10. The number of fused-ring (bicyclic) bond motifs is 1. The van der Waals surface area contributed by atoms with Gasteiger partial charge >= 0.3 is 0 Å². The quantitative estimate of drug-likeness (QED) is 0.581. The van der Waals surface area contributed by atoms with Gasteiger partial charge in [-0.1, -0.05) is 5.92 Å². The van der Waals surface area contributed by atoms with Crippen LogP contribution in [0.3, 0.4) is 0 Å². The molecule has 0 N–H and O–H groups in total. The van der Waals surface area contributed by atoms with E-state index in [1.165, 1.54) is 6.07 Å². The summed E-state index contributed by atoms with van der Waals surface area (Å²) < 4.78 is 13.4. The molecule has 0 unspecified atom stereocenters. The van der Waals surface area contributed by atoms with Crippen LogP contribution in [0.4, 0.5) is 10.1 Å². The third-order valence-electron chi connectivity index (χ3n) is 2.23. The Morgan fingerprint density at radius 1 is 1.44 bits per heavy atom. The van der Waals surface area contributed by atoms with E-state index >= 15 is 0 Å². The molecule has 1 aromatic carbocycles. The number of carbonyl (C=O) groups excluding carboxylic acids is 2. The summed E-state index contributed by atoms with van der Waals surface area (Å²) >= 11 is 3.11. The fraction of sp³-hybridized carbons (Fsp3) is 0.0909. The molecule has 3 nitrogen and oxygen atoms in total. The molecule has 0 spiro atoms. The van der Waals surface area contributed by atoms with Crippen LogP contribution in [0.15, 0.2) is 16.6 Å². The fourth-order valence-corrected chi connectivity index (χ4v) is 2.24. The van der Waals surface area contributed by atoms with Gasteiger partial charge in [0.1, 0.15) is 5.82 Å². The van der Waals surface area contributed by atoms with Crippen molar-refractivity contribution >= 4 is 33.3 Å². The summed E-state index contributed by atoms with van der Waals surface area (Å²) in [5.74, 6) is 0.253. The van der Waals surface area contributed by atoms with Gasteiger partial charge in [-0.15, -0.1) is 6.42 Å².